The van der Waals surface area contributed by atoms with Gasteiger partial charge in [0.2, 0.25) is 0 Å². The second kappa shape index (κ2) is 3.48. The van der Waals surface area contributed by atoms with Gasteiger partial charge in [-0.3, -0.25) is 0 Å². The monoisotopic (exact) mass is 195 g/mol. The second-order valence-corrected chi connectivity index (χ2v) is 4.65. The minimum atomic E-state index is -0.869. The molecule has 0 aromatic carbocycles. The van der Waals surface area contributed by atoms with Gasteiger partial charge in [-0.15, -0.1) is 0 Å². The molecule has 14 heavy (non-hydrogen) atoms. The van der Waals surface area contributed by atoms with Crippen molar-refractivity contribution in [1.29, 1.82) is 0 Å². The summed E-state index contributed by atoms with van der Waals surface area (Å²) in [4.78, 5) is 10.9. The molecule has 1 unspecified atom stereocenters. The summed E-state index contributed by atoms with van der Waals surface area (Å²) >= 11 is 0. The molecule has 3 nitrogen and oxygen atoms in total. The van der Waals surface area contributed by atoms with Gasteiger partial charge in [0.15, 0.2) is 0 Å². The van der Waals surface area contributed by atoms with Crippen LogP contribution in [0.5, 0.6) is 0 Å². The third-order valence-corrected chi connectivity index (χ3v) is 2.67. The van der Waals surface area contributed by atoms with Gasteiger partial charge in [0, 0.05) is 12.2 Å². The number of hydrogen-bond acceptors (Lipinski definition) is 1. The maximum Gasteiger partial charge on any atom is 0.352 e. The lowest BCUT2D eigenvalue weighted by atomic mass is 9.88. The summed E-state index contributed by atoms with van der Waals surface area (Å²) in [5.41, 5.74) is 0.413. The topological polar surface area (TPSA) is 42.2 Å². The molecular weight excluding hydrogens is 178 g/mol. The van der Waals surface area contributed by atoms with Gasteiger partial charge >= 0.3 is 5.97 Å². The van der Waals surface area contributed by atoms with E-state index in [1.165, 1.54) is 0 Å². The Bertz CT molecular complexity index is 333. The van der Waals surface area contributed by atoms with Gasteiger partial charge in [0.1, 0.15) is 5.69 Å². The summed E-state index contributed by atoms with van der Waals surface area (Å²) in [6.45, 7) is 8.34. The van der Waals surface area contributed by atoms with Crippen molar-refractivity contribution < 1.29 is 9.90 Å². The maximum atomic E-state index is 10.9. The van der Waals surface area contributed by atoms with E-state index in [0.717, 1.165) is 0 Å². The van der Waals surface area contributed by atoms with E-state index in [1.54, 1.807) is 12.1 Å². The van der Waals surface area contributed by atoms with E-state index >= 15 is 0 Å². The van der Waals surface area contributed by atoms with Gasteiger partial charge in [-0.2, -0.15) is 0 Å². The Morgan fingerprint density at radius 3 is 2.50 bits per heavy atom. The van der Waals surface area contributed by atoms with Crippen molar-refractivity contribution in [1.82, 2.24) is 4.57 Å². The zero-order chi connectivity index (χ0) is 10.9. The molecule has 1 heterocycles. The molecule has 0 aliphatic rings. The molecule has 1 rings (SSSR count). The van der Waals surface area contributed by atoms with Crippen molar-refractivity contribution in [2.45, 2.75) is 33.7 Å². The summed E-state index contributed by atoms with van der Waals surface area (Å²) in [5.74, 6) is -0.869. The van der Waals surface area contributed by atoms with Crippen LogP contribution in [-0.2, 0) is 0 Å². The Balaban J connectivity index is 3.07. The van der Waals surface area contributed by atoms with Crippen LogP contribution in [0.4, 0.5) is 0 Å². The van der Waals surface area contributed by atoms with Gasteiger partial charge in [0.25, 0.3) is 0 Å². The zero-order valence-electron chi connectivity index (χ0n) is 9.11. The summed E-state index contributed by atoms with van der Waals surface area (Å²) in [7, 11) is 0. The Hall–Kier alpha value is -1.25. The largest absolute Gasteiger partial charge is 0.477 e. The van der Waals surface area contributed by atoms with Crippen LogP contribution in [0.1, 0.15) is 44.2 Å². The molecule has 0 bridgehead atoms. The van der Waals surface area contributed by atoms with Crippen LogP contribution in [0.25, 0.3) is 0 Å². The normalized spacial score (nSPS) is 14.0. The quantitative estimate of drug-likeness (QED) is 0.788. The first-order chi connectivity index (χ1) is 6.34. The van der Waals surface area contributed by atoms with Crippen molar-refractivity contribution in [3.63, 3.8) is 0 Å². The summed E-state index contributed by atoms with van der Waals surface area (Å²) in [6, 6.07) is 3.57. The van der Waals surface area contributed by atoms with Crippen LogP contribution in [0.3, 0.4) is 0 Å². The number of carboxylic acids is 1. The molecule has 1 atom stereocenters. The highest BCUT2D eigenvalue weighted by molar-refractivity contribution is 5.85. The molecule has 1 aromatic rings. The summed E-state index contributed by atoms with van der Waals surface area (Å²) in [5, 5.41) is 8.95. The van der Waals surface area contributed by atoms with Crippen molar-refractivity contribution in [2.24, 2.45) is 5.41 Å². The van der Waals surface area contributed by atoms with Crippen LogP contribution < -0.4 is 0 Å². The highest BCUT2D eigenvalue weighted by Gasteiger charge is 2.24. The number of rotatable bonds is 2. The first-order valence-electron chi connectivity index (χ1n) is 4.74. The molecule has 0 spiro atoms. The van der Waals surface area contributed by atoms with Crippen LogP contribution in [0.15, 0.2) is 18.3 Å². The number of aromatic nitrogens is 1. The predicted octanol–water partition coefficient (Wildman–Crippen LogP) is 2.79. The molecule has 0 radical (unpaired) electrons. The molecule has 0 aliphatic carbocycles. The number of hydrogen-bond donors (Lipinski definition) is 1. The second-order valence-electron chi connectivity index (χ2n) is 4.65. The molecule has 78 valence electrons. The average Bonchev–Trinajstić information content (AvgIpc) is 2.48. The third kappa shape index (κ3) is 1.97. The zero-order valence-corrected chi connectivity index (χ0v) is 9.11. The Morgan fingerprint density at radius 1 is 1.50 bits per heavy atom. The molecule has 0 saturated carbocycles. The lowest BCUT2D eigenvalue weighted by molar-refractivity contribution is 0.0678. The minimum absolute atomic E-state index is 0.0588. The van der Waals surface area contributed by atoms with E-state index in [4.69, 9.17) is 5.11 Å². The van der Waals surface area contributed by atoms with E-state index in [-0.39, 0.29) is 11.5 Å². The molecule has 0 fully saturated rings. The van der Waals surface area contributed by atoms with Gasteiger partial charge in [0.05, 0.1) is 0 Å². The van der Waals surface area contributed by atoms with Crippen molar-refractivity contribution in [3.8, 4) is 0 Å². The highest BCUT2D eigenvalue weighted by Crippen LogP contribution is 2.30. The smallest absolute Gasteiger partial charge is 0.352 e. The standard InChI is InChI=1S/C11H17NO2/c1-8(11(2,3)4)12-7-5-6-9(12)10(13)14/h5-8H,1-4H3,(H,13,14). The van der Waals surface area contributed by atoms with E-state index in [9.17, 15) is 4.79 Å². The Labute approximate surface area is 84.4 Å². The van der Waals surface area contributed by atoms with Crippen LogP contribution in [0, 0.1) is 5.41 Å². The first-order valence-corrected chi connectivity index (χ1v) is 4.74. The number of nitrogens with zero attached hydrogens (tertiary/aromatic N) is 1. The van der Waals surface area contributed by atoms with Crippen LogP contribution in [-0.4, -0.2) is 15.6 Å². The molecule has 0 amide bonds. The van der Waals surface area contributed by atoms with Crippen molar-refractivity contribution >= 4 is 5.97 Å². The first kappa shape index (κ1) is 10.8. The van der Waals surface area contributed by atoms with E-state index in [0.29, 0.717) is 5.69 Å². The number of carboxylic acid groups (broad SMARTS) is 1. The van der Waals surface area contributed by atoms with Crippen LogP contribution in [0.2, 0.25) is 0 Å². The van der Waals surface area contributed by atoms with Gasteiger partial charge in [-0.05, 0) is 24.5 Å². The SMILES string of the molecule is CC(n1cccc1C(=O)O)C(C)(C)C. The maximum absolute atomic E-state index is 10.9. The van der Waals surface area contributed by atoms with Gasteiger partial charge in [-0.1, -0.05) is 20.8 Å². The van der Waals surface area contributed by atoms with Gasteiger partial charge in [-0.25, -0.2) is 4.79 Å². The Morgan fingerprint density at radius 2 is 2.07 bits per heavy atom. The number of carbonyl (C=O) groups is 1. The van der Waals surface area contributed by atoms with Crippen molar-refractivity contribution in [2.75, 3.05) is 0 Å². The molecule has 0 saturated heterocycles. The lowest BCUT2D eigenvalue weighted by Crippen LogP contribution is -2.23. The van der Waals surface area contributed by atoms with E-state index in [1.807, 2.05) is 17.7 Å². The summed E-state index contributed by atoms with van der Waals surface area (Å²) in [6.07, 6.45) is 1.82. The molecule has 3 heteroatoms. The molecular formula is C11H17NO2. The fourth-order valence-electron chi connectivity index (χ4n) is 1.33. The third-order valence-electron chi connectivity index (χ3n) is 2.67. The van der Waals surface area contributed by atoms with Crippen molar-refractivity contribution in [3.05, 3.63) is 24.0 Å². The van der Waals surface area contributed by atoms with E-state index < -0.39 is 5.97 Å². The molecule has 0 aliphatic heterocycles. The van der Waals surface area contributed by atoms with Crippen LogP contribution >= 0.6 is 0 Å². The predicted molar refractivity (Wildman–Crippen MR) is 55.6 cm³/mol. The minimum Gasteiger partial charge on any atom is -0.477 e. The van der Waals surface area contributed by atoms with Gasteiger partial charge < -0.3 is 9.67 Å². The lowest BCUT2D eigenvalue weighted by Gasteiger charge is -2.29. The summed E-state index contributed by atoms with van der Waals surface area (Å²) < 4.78 is 1.81. The van der Waals surface area contributed by atoms with E-state index in [2.05, 4.69) is 20.8 Å². The average molecular weight is 195 g/mol. The highest BCUT2D eigenvalue weighted by atomic mass is 16.4. The fourth-order valence-corrected chi connectivity index (χ4v) is 1.33. The fraction of sp³-hybridized carbons (Fsp3) is 0.545. The number of aromatic carboxylic acids is 1. The Kier molecular flexibility index (Phi) is 2.69. The molecule has 1 N–H and O–H groups in total. The molecule has 1 aromatic heterocycles.